The van der Waals surface area contributed by atoms with Crippen molar-refractivity contribution in [2.75, 3.05) is 18.1 Å². The van der Waals surface area contributed by atoms with Gasteiger partial charge < -0.3 is 19.2 Å². The van der Waals surface area contributed by atoms with E-state index in [0.29, 0.717) is 18.9 Å². The van der Waals surface area contributed by atoms with Crippen LogP contribution in [0.4, 0.5) is 5.69 Å². The monoisotopic (exact) mass is 552 g/mol. The summed E-state index contributed by atoms with van der Waals surface area (Å²) in [6.07, 6.45) is 4.89. The lowest BCUT2D eigenvalue weighted by molar-refractivity contribution is -0.137. The van der Waals surface area contributed by atoms with Crippen LogP contribution in [-0.4, -0.2) is 29.2 Å². The number of anilines is 1. The third kappa shape index (κ3) is 6.99. The second-order valence-electron chi connectivity index (χ2n) is 11.1. The van der Waals surface area contributed by atoms with Crippen LogP contribution in [-0.2, 0) is 24.2 Å². The summed E-state index contributed by atoms with van der Waals surface area (Å²) in [6.45, 7) is 8.70. The Morgan fingerprint density at radius 3 is 2.71 bits per heavy atom. The Morgan fingerprint density at radius 2 is 1.93 bits per heavy atom. The second kappa shape index (κ2) is 13.1. The number of ether oxygens (including phenoxy) is 1. The number of benzene rings is 3. The van der Waals surface area contributed by atoms with E-state index >= 15 is 0 Å². The molecule has 6 heteroatoms. The summed E-state index contributed by atoms with van der Waals surface area (Å²) in [7, 11) is 0. The molecule has 1 aliphatic rings. The van der Waals surface area contributed by atoms with Crippen LogP contribution < -0.4 is 9.64 Å². The van der Waals surface area contributed by atoms with Crippen molar-refractivity contribution < 1.29 is 19.1 Å². The van der Waals surface area contributed by atoms with Crippen molar-refractivity contribution in [3.05, 3.63) is 100 Å². The van der Waals surface area contributed by atoms with Gasteiger partial charge >= 0.3 is 5.97 Å². The number of aromatic nitrogens is 1. The Bertz CT molecular complexity index is 1480. The molecule has 0 saturated carbocycles. The molecule has 0 unspecified atom stereocenters. The van der Waals surface area contributed by atoms with E-state index in [4.69, 9.17) is 14.1 Å². The molecule has 0 spiro atoms. The molecule has 214 valence electrons. The Kier molecular flexibility index (Phi) is 9.07. The fourth-order valence-electron chi connectivity index (χ4n) is 5.76. The van der Waals surface area contributed by atoms with Crippen molar-refractivity contribution in [1.82, 2.24) is 4.98 Å². The topological polar surface area (TPSA) is 75.8 Å². The van der Waals surface area contributed by atoms with Gasteiger partial charge in [-0.25, -0.2) is 4.98 Å². The molecule has 0 amide bonds. The number of carboxylic acids is 1. The number of carboxylic acid groups (broad SMARTS) is 1. The lowest BCUT2D eigenvalue weighted by Gasteiger charge is -2.27. The standard InChI is InChI=1S/C35H40N2O4/c1-4-5-18-37(23-26-9-7-6-8-10-26)33-21-29(12-11-24(33)2)35-36-32(25(3)41-35)17-19-40-30-15-16-31-27(20-30)13-14-28(31)22-34(38)39/h6-12,15-16,20-21,28H,4-5,13-14,17-19,22-23H2,1-3H3,(H,38,39)/t28-/m0/s1. The molecule has 4 aromatic rings. The number of fused-ring (bicyclic) bond motifs is 1. The first kappa shape index (κ1) is 28.5. The van der Waals surface area contributed by atoms with Crippen LogP contribution in [0.3, 0.4) is 0 Å². The van der Waals surface area contributed by atoms with Gasteiger partial charge in [0.05, 0.1) is 18.7 Å². The zero-order valence-corrected chi connectivity index (χ0v) is 24.4. The minimum absolute atomic E-state index is 0.104. The quantitative estimate of drug-likeness (QED) is 0.182. The molecule has 0 bridgehead atoms. The van der Waals surface area contributed by atoms with Crippen molar-refractivity contribution in [3.8, 4) is 17.2 Å². The lowest BCUT2D eigenvalue weighted by Crippen LogP contribution is -2.24. The van der Waals surface area contributed by atoms with E-state index in [-0.39, 0.29) is 12.3 Å². The number of rotatable bonds is 13. The molecule has 41 heavy (non-hydrogen) atoms. The van der Waals surface area contributed by atoms with Crippen LogP contribution in [0.5, 0.6) is 5.75 Å². The maximum atomic E-state index is 11.2. The van der Waals surface area contributed by atoms with Crippen molar-refractivity contribution in [1.29, 1.82) is 0 Å². The third-order valence-corrected chi connectivity index (χ3v) is 8.03. The number of aliphatic carboxylic acids is 1. The molecule has 5 rings (SSSR count). The maximum absolute atomic E-state index is 11.2. The van der Waals surface area contributed by atoms with E-state index in [1.54, 1.807) is 0 Å². The van der Waals surface area contributed by atoms with Gasteiger partial charge in [-0.2, -0.15) is 0 Å². The average molecular weight is 553 g/mol. The van der Waals surface area contributed by atoms with Gasteiger partial charge in [-0.15, -0.1) is 0 Å². The van der Waals surface area contributed by atoms with Crippen molar-refractivity contribution in [2.24, 2.45) is 0 Å². The summed E-state index contributed by atoms with van der Waals surface area (Å²) in [6, 6.07) is 23.1. The van der Waals surface area contributed by atoms with E-state index in [0.717, 1.165) is 67.1 Å². The molecule has 1 heterocycles. The molecule has 1 atom stereocenters. The zero-order valence-electron chi connectivity index (χ0n) is 24.4. The van der Waals surface area contributed by atoms with Crippen LogP contribution >= 0.6 is 0 Å². The van der Waals surface area contributed by atoms with Gasteiger partial charge in [0, 0.05) is 30.8 Å². The number of unbranched alkanes of at least 4 members (excludes halogenated alkanes) is 1. The van der Waals surface area contributed by atoms with Crippen LogP contribution in [0, 0.1) is 13.8 Å². The Morgan fingerprint density at radius 1 is 1.10 bits per heavy atom. The van der Waals surface area contributed by atoms with Crippen molar-refractivity contribution in [2.45, 2.75) is 71.8 Å². The molecular formula is C35H40N2O4. The summed E-state index contributed by atoms with van der Waals surface area (Å²) in [5.41, 5.74) is 7.97. The molecule has 0 radical (unpaired) electrons. The van der Waals surface area contributed by atoms with Gasteiger partial charge in [0.15, 0.2) is 0 Å². The minimum Gasteiger partial charge on any atom is -0.493 e. The lowest BCUT2D eigenvalue weighted by atomic mass is 9.98. The number of hydrogen-bond donors (Lipinski definition) is 1. The number of oxazole rings is 1. The first-order valence-electron chi connectivity index (χ1n) is 14.7. The first-order valence-corrected chi connectivity index (χ1v) is 14.7. The number of nitrogens with zero attached hydrogens (tertiary/aromatic N) is 2. The van der Waals surface area contributed by atoms with Gasteiger partial charge in [-0.3, -0.25) is 4.79 Å². The van der Waals surface area contributed by atoms with Crippen molar-refractivity contribution >= 4 is 11.7 Å². The van der Waals surface area contributed by atoms with E-state index in [9.17, 15) is 9.90 Å². The molecule has 1 N–H and O–H groups in total. The Labute approximate surface area is 243 Å². The summed E-state index contributed by atoms with van der Waals surface area (Å²) in [5, 5.41) is 9.17. The Balaban J connectivity index is 1.26. The van der Waals surface area contributed by atoms with Crippen LogP contribution in [0.2, 0.25) is 0 Å². The van der Waals surface area contributed by atoms with E-state index in [2.05, 4.69) is 73.3 Å². The molecule has 6 nitrogen and oxygen atoms in total. The van der Waals surface area contributed by atoms with E-state index in [1.807, 2.05) is 19.1 Å². The Hall–Kier alpha value is -4.06. The molecule has 0 aliphatic heterocycles. The van der Waals surface area contributed by atoms with Crippen molar-refractivity contribution in [3.63, 3.8) is 0 Å². The third-order valence-electron chi connectivity index (χ3n) is 8.03. The molecule has 0 saturated heterocycles. The van der Waals surface area contributed by atoms with Crippen LogP contribution in [0.15, 0.2) is 71.1 Å². The van der Waals surface area contributed by atoms with Crippen LogP contribution in [0.25, 0.3) is 11.5 Å². The first-order chi connectivity index (χ1) is 19.9. The highest BCUT2D eigenvalue weighted by molar-refractivity contribution is 5.68. The zero-order chi connectivity index (χ0) is 28.8. The molecule has 1 aromatic heterocycles. The van der Waals surface area contributed by atoms with Crippen LogP contribution in [0.1, 0.15) is 72.2 Å². The van der Waals surface area contributed by atoms with Gasteiger partial charge in [0.2, 0.25) is 5.89 Å². The number of carbonyl (C=O) groups is 1. The summed E-state index contributed by atoms with van der Waals surface area (Å²) < 4.78 is 12.2. The normalized spacial score (nSPS) is 14.2. The summed E-state index contributed by atoms with van der Waals surface area (Å²) in [4.78, 5) is 18.5. The maximum Gasteiger partial charge on any atom is 0.303 e. The predicted octanol–water partition coefficient (Wildman–Crippen LogP) is 7.89. The van der Waals surface area contributed by atoms with Gasteiger partial charge in [0.1, 0.15) is 11.5 Å². The minimum atomic E-state index is -0.742. The highest BCUT2D eigenvalue weighted by Gasteiger charge is 2.25. The van der Waals surface area contributed by atoms with Gasteiger partial charge in [0.25, 0.3) is 0 Å². The highest BCUT2D eigenvalue weighted by Crippen LogP contribution is 2.37. The van der Waals surface area contributed by atoms with Gasteiger partial charge in [-0.1, -0.05) is 55.8 Å². The fraction of sp³-hybridized carbons (Fsp3) is 0.371. The largest absolute Gasteiger partial charge is 0.493 e. The van der Waals surface area contributed by atoms with Gasteiger partial charge in [-0.05, 0) is 85.5 Å². The smallest absolute Gasteiger partial charge is 0.303 e. The van der Waals surface area contributed by atoms with E-state index in [1.165, 1.54) is 22.4 Å². The molecule has 3 aromatic carbocycles. The summed E-state index contributed by atoms with van der Waals surface area (Å²) >= 11 is 0. The van der Waals surface area contributed by atoms with E-state index < -0.39 is 5.97 Å². The predicted molar refractivity (Wildman–Crippen MR) is 163 cm³/mol. The summed E-state index contributed by atoms with van der Waals surface area (Å²) in [5.74, 6) is 1.62. The highest BCUT2D eigenvalue weighted by atomic mass is 16.5. The molecular weight excluding hydrogens is 512 g/mol. The molecule has 0 fully saturated rings. The number of aryl methyl sites for hydroxylation is 3. The average Bonchev–Trinajstić information content (AvgIpc) is 3.54. The number of hydrogen-bond acceptors (Lipinski definition) is 5. The second-order valence-corrected chi connectivity index (χ2v) is 11.1. The molecule has 1 aliphatic carbocycles. The fourth-order valence-corrected chi connectivity index (χ4v) is 5.76. The SMILES string of the molecule is CCCCN(Cc1ccccc1)c1cc(-c2nc(CCOc3ccc4c(c3)CC[C@H]4CC(=O)O)c(C)o2)ccc1C.